The van der Waals surface area contributed by atoms with E-state index < -0.39 is 0 Å². The van der Waals surface area contributed by atoms with E-state index in [0.29, 0.717) is 5.92 Å². The maximum atomic E-state index is 6.09. The van der Waals surface area contributed by atoms with E-state index in [0.717, 1.165) is 11.2 Å². The molecule has 0 radical (unpaired) electrons. The zero-order chi connectivity index (χ0) is 14.5. The summed E-state index contributed by atoms with van der Waals surface area (Å²) in [4.78, 5) is 0. The fourth-order valence-electron chi connectivity index (χ4n) is 2.59. The Hall–Kier alpha value is -0.995. The molecule has 2 fully saturated rings. The van der Waals surface area contributed by atoms with Crippen LogP contribution in [0.4, 0.5) is 0 Å². The summed E-state index contributed by atoms with van der Waals surface area (Å²) in [6.07, 6.45) is 2.54. The van der Waals surface area contributed by atoms with Gasteiger partial charge in [-0.15, -0.1) is 0 Å². The molecule has 4 heteroatoms. The fraction of sp³-hybridized carbons (Fsp3) is 0.625. The molecule has 1 aromatic rings. The Morgan fingerprint density at radius 2 is 1.70 bits per heavy atom. The van der Waals surface area contributed by atoms with Gasteiger partial charge in [0, 0.05) is 0 Å². The first-order valence-corrected chi connectivity index (χ1v) is 7.37. The second kappa shape index (κ2) is 4.50. The molecular weight excluding hydrogens is 251 g/mol. The van der Waals surface area contributed by atoms with Crippen molar-refractivity contribution in [3.8, 4) is 5.75 Å². The highest BCUT2D eigenvalue weighted by Crippen LogP contribution is 2.44. The van der Waals surface area contributed by atoms with Crippen LogP contribution in [-0.2, 0) is 9.31 Å². The monoisotopic (exact) mass is 274 g/mol. The van der Waals surface area contributed by atoms with Crippen LogP contribution in [0.5, 0.6) is 5.75 Å². The third-order valence-corrected chi connectivity index (χ3v) is 4.80. The molecule has 1 aliphatic carbocycles. The molecule has 2 aliphatic rings. The number of hydrogen-bond donors (Lipinski definition) is 0. The topological polar surface area (TPSA) is 27.7 Å². The van der Waals surface area contributed by atoms with Crippen molar-refractivity contribution < 1.29 is 14.0 Å². The SMILES string of the molecule is COc1cc(B2OC(C)(C)C(C)(C)O2)ccc1C1CC1. The van der Waals surface area contributed by atoms with Gasteiger partial charge in [-0.1, -0.05) is 12.1 Å². The van der Waals surface area contributed by atoms with Crippen LogP contribution in [0.15, 0.2) is 18.2 Å². The molecular formula is C16H23BO3. The highest BCUT2D eigenvalue weighted by molar-refractivity contribution is 6.62. The van der Waals surface area contributed by atoms with Crippen LogP contribution >= 0.6 is 0 Å². The Morgan fingerprint density at radius 3 is 2.20 bits per heavy atom. The summed E-state index contributed by atoms with van der Waals surface area (Å²) in [6.45, 7) is 8.29. The van der Waals surface area contributed by atoms with Gasteiger partial charge in [-0.2, -0.15) is 0 Å². The van der Waals surface area contributed by atoms with E-state index >= 15 is 0 Å². The van der Waals surface area contributed by atoms with Gasteiger partial charge in [-0.25, -0.2) is 0 Å². The minimum atomic E-state index is -0.317. The van der Waals surface area contributed by atoms with E-state index in [1.807, 2.05) is 0 Å². The van der Waals surface area contributed by atoms with E-state index in [4.69, 9.17) is 14.0 Å². The second-order valence-electron chi connectivity index (χ2n) is 6.86. The van der Waals surface area contributed by atoms with Crippen molar-refractivity contribution in [1.29, 1.82) is 0 Å². The molecule has 20 heavy (non-hydrogen) atoms. The second-order valence-corrected chi connectivity index (χ2v) is 6.86. The standard InChI is InChI=1S/C16H23BO3/c1-15(2)16(3,4)20-17(19-15)12-8-9-13(11-6-7-11)14(10-12)18-5/h8-11H,6-7H2,1-5H3. The quantitative estimate of drug-likeness (QED) is 0.793. The summed E-state index contributed by atoms with van der Waals surface area (Å²) in [5.74, 6) is 1.64. The van der Waals surface area contributed by atoms with Crippen molar-refractivity contribution in [2.75, 3.05) is 7.11 Å². The van der Waals surface area contributed by atoms with Crippen LogP contribution in [0, 0.1) is 0 Å². The Labute approximate surface area is 121 Å². The van der Waals surface area contributed by atoms with Gasteiger partial charge in [0.25, 0.3) is 0 Å². The molecule has 0 spiro atoms. The van der Waals surface area contributed by atoms with Gasteiger partial charge >= 0.3 is 7.12 Å². The lowest BCUT2D eigenvalue weighted by Gasteiger charge is -2.32. The zero-order valence-corrected chi connectivity index (χ0v) is 13.0. The van der Waals surface area contributed by atoms with E-state index in [1.54, 1.807) is 7.11 Å². The summed E-state index contributed by atoms with van der Waals surface area (Å²) < 4.78 is 17.7. The molecule has 108 valence electrons. The highest BCUT2D eigenvalue weighted by atomic mass is 16.7. The Morgan fingerprint density at radius 1 is 1.10 bits per heavy atom. The lowest BCUT2D eigenvalue weighted by Crippen LogP contribution is -2.41. The first-order chi connectivity index (χ1) is 9.34. The number of ether oxygens (including phenoxy) is 1. The average Bonchev–Trinajstić information content (AvgIpc) is 3.17. The van der Waals surface area contributed by atoms with Gasteiger partial charge < -0.3 is 14.0 Å². The predicted molar refractivity (Wildman–Crippen MR) is 80.7 cm³/mol. The molecule has 0 unspecified atom stereocenters. The maximum absolute atomic E-state index is 6.09. The molecule has 1 aliphatic heterocycles. The lowest BCUT2D eigenvalue weighted by atomic mass is 9.78. The first-order valence-electron chi connectivity index (χ1n) is 7.37. The molecule has 3 rings (SSSR count). The Bertz CT molecular complexity index is 504. The molecule has 1 saturated heterocycles. The summed E-state index contributed by atoms with van der Waals surface area (Å²) >= 11 is 0. The zero-order valence-electron chi connectivity index (χ0n) is 13.0. The first kappa shape index (κ1) is 14.0. The van der Waals surface area contributed by atoms with E-state index in [1.165, 1.54) is 18.4 Å². The smallest absolute Gasteiger partial charge is 0.494 e. The largest absolute Gasteiger partial charge is 0.496 e. The third kappa shape index (κ3) is 2.25. The number of methoxy groups -OCH3 is 1. The van der Waals surface area contributed by atoms with Gasteiger partial charge in [-0.3, -0.25) is 0 Å². The van der Waals surface area contributed by atoms with Gasteiger partial charge in [0.1, 0.15) is 5.75 Å². The van der Waals surface area contributed by atoms with Gasteiger partial charge in [0.2, 0.25) is 0 Å². The number of benzene rings is 1. The number of hydrogen-bond acceptors (Lipinski definition) is 3. The van der Waals surface area contributed by atoms with Crippen molar-refractivity contribution >= 4 is 12.6 Å². The molecule has 0 bridgehead atoms. The Kier molecular flexibility index (Phi) is 3.14. The molecule has 0 N–H and O–H groups in total. The summed E-state index contributed by atoms with van der Waals surface area (Å²) in [5, 5.41) is 0. The van der Waals surface area contributed by atoms with Gasteiger partial charge in [0.05, 0.1) is 18.3 Å². The predicted octanol–water partition coefficient (Wildman–Crippen LogP) is 2.87. The van der Waals surface area contributed by atoms with Crippen molar-refractivity contribution in [3.63, 3.8) is 0 Å². The van der Waals surface area contributed by atoms with Crippen LogP contribution in [0.25, 0.3) is 0 Å². The van der Waals surface area contributed by atoms with Crippen LogP contribution in [0.1, 0.15) is 52.0 Å². The normalized spacial score (nSPS) is 23.9. The van der Waals surface area contributed by atoms with Gasteiger partial charge in [0.15, 0.2) is 0 Å². The van der Waals surface area contributed by atoms with E-state index in [2.05, 4.69) is 45.9 Å². The molecule has 1 aromatic carbocycles. The third-order valence-electron chi connectivity index (χ3n) is 4.80. The fourth-order valence-corrected chi connectivity index (χ4v) is 2.59. The van der Waals surface area contributed by atoms with Crippen LogP contribution in [0.2, 0.25) is 0 Å². The Balaban J connectivity index is 1.88. The minimum absolute atomic E-state index is 0.305. The molecule has 3 nitrogen and oxygen atoms in total. The van der Waals surface area contributed by atoms with Crippen LogP contribution in [0.3, 0.4) is 0 Å². The summed E-state index contributed by atoms with van der Waals surface area (Å²) in [7, 11) is 1.41. The molecule has 0 aromatic heterocycles. The van der Waals surface area contributed by atoms with E-state index in [-0.39, 0.29) is 18.3 Å². The van der Waals surface area contributed by atoms with Crippen LogP contribution < -0.4 is 10.2 Å². The van der Waals surface area contributed by atoms with Crippen molar-refractivity contribution in [2.24, 2.45) is 0 Å². The van der Waals surface area contributed by atoms with Crippen molar-refractivity contribution in [3.05, 3.63) is 23.8 Å². The minimum Gasteiger partial charge on any atom is -0.496 e. The highest BCUT2D eigenvalue weighted by Gasteiger charge is 2.51. The van der Waals surface area contributed by atoms with E-state index in [9.17, 15) is 0 Å². The number of rotatable bonds is 3. The molecule has 0 amide bonds. The summed E-state index contributed by atoms with van der Waals surface area (Å²) in [6, 6.07) is 6.34. The molecule has 0 atom stereocenters. The van der Waals surface area contributed by atoms with Crippen molar-refractivity contribution in [1.82, 2.24) is 0 Å². The molecule has 1 saturated carbocycles. The van der Waals surface area contributed by atoms with Gasteiger partial charge in [-0.05, 0) is 63.5 Å². The van der Waals surface area contributed by atoms with Crippen molar-refractivity contribution in [2.45, 2.75) is 57.7 Å². The lowest BCUT2D eigenvalue weighted by molar-refractivity contribution is 0.00578. The molecule has 1 heterocycles. The maximum Gasteiger partial charge on any atom is 0.494 e. The van der Waals surface area contributed by atoms with Crippen LogP contribution in [-0.4, -0.2) is 25.4 Å². The average molecular weight is 274 g/mol. The summed E-state index contributed by atoms with van der Waals surface area (Å²) in [5.41, 5.74) is 1.73.